The first kappa shape index (κ1) is 9.47. The molecule has 0 saturated carbocycles. The van der Waals surface area contributed by atoms with Crippen LogP contribution in [0.15, 0.2) is 24.5 Å². The van der Waals surface area contributed by atoms with Crippen molar-refractivity contribution in [3.8, 4) is 17.2 Å². The van der Waals surface area contributed by atoms with E-state index in [4.69, 9.17) is 21.1 Å². The molecule has 0 amide bonds. The van der Waals surface area contributed by atoms with Crippen molar-refractivity contribution >= 4 is 11.6 Å². The van der Waals surface area contributed by atoms with Crippen LogP contribution in [0.4, 0.5) is 0 Å². The predicted octanol–water partition coefficient (Wildman–Crippen LogP) is 1.69. The average molecular weight is 238 g/mol. The van der Waals surface area contributed by atoms with E-state index in [0.29, 0.717) is 24.2 Å². The topological polar surface area (TPSA) is 49.2 Å². The first-order chi connectivity index (χ1) is 7.84. The van der Waals surface area contributed by atoms with Gasteiger partial charge in [-0.3, -0.25) is 4.57 Å². The second kappa shape index (κ2) is 3.68. The summed E-state index contributed by atoms with van der Waals surface area (Å²) >= 11 is 5.87. The van der Waals surface area contributed by atoms with Gasteiger partial charge in [0.05, 0.1) is 5.69 Å². The van der Waals surface area contributed by atoms with Gasteiger partial charge in [-0.1, -0.05) is 0 Å². The number of benzene rings is 1. The molecule has 1 aliphatic heterocycles. The molecule has 1 aromatic heterocycles. The Balaban J connectivity index is 2.06. The Morgan fingerprint density at radius 2 is 2.00 bits per heavy atom. The number of halogens is 1. The summed E-state index contributed by atoms with van der Waals surface area (Å²) in [6, 6.07) is 5.58. The van der Waals surface area contributed by atoms with E-state index in [1.165, 1.54) is 0 Å². The van der Waals surface area contributed by atoms with E-state index in [1.807, 2.05) is 18.2 Å². The molecule has 2 heterocycles. The highest BCUT2D eigenvalue weighted by atomic mass is 35.5. The van der Waals surface area contributed by atoms with E-state index < -0.39 is 0 Å². The van der Waals surface area contributed by atoms with Gasteiger partial charge in [-0.15, -0.1) is 10.2 Å². The molecule has 0 radical (unpaired) electrons. The van der Waals surface area contributed by atoms with Gasteiger partial charge in [-0.25, -0.2) is 0 Å². The van der Waals surface area contributed by atoms with Crippen LogP contribution >= 0.6 is 11.6 Å². The zero-order valence-electron chi connectivity index (χ0n) is 8.26. The third-order valence-electron chi connectivity index (χ3n) is 2.31. The summed E-state index contributed by atoms with van der Waals surface area (Å²) in [5.74, 6) is 1.47. The molecule has 3 rings (SSSR count). The second-order valence-corrected chi connectivity index (χ2v) is 3.64. The number of hydrogen-bond donors (Lipinski definition) is 0. The lowest BCUT2D eigenvalue weighted by Crippen LogP contribution is -2.15. The van der Waals surface area contributed by atoms with E-state index in [2.05, 4.69) is 10.2 Å². The summed E-state index contributed by atoms with van der Waals surface area (Å²) in [5, 5.41) is 7.75. The number of fused-ring (bicyclic) bond motifs is 1. The number of nitrogens with zero attached hydrogens (tertiary/aromatic N) is 3. The molecular formula is C10H8ClN3O2. The molecule has 1 aliphatic rings. The Morgan fingerprint density at radius 3 is 2.75 bits per heavy atom. The quantitative estimate of drug-likeness (QED) is 0.757. The zero-order valence-corrected chi connectivity index (χ0v) is 9.02. The van der Waals surface area contributed by atoms with Gasteiger partial charge in [0.25, 0.3) is 0 Å². The number of ether oxygens (including phenoxy) is 2. The summed E-state index contributed by atoms with van der Waals surface area (Å²) in [6.07, 6.45) is 1.55. The Morgan fingerprint density at radius 1 is 1.19 bits per heavy atom. The fraction of sp³-hybridized carbons (Fsp3) is 0.200. The van der Waals surface area contributed by atoms with E-state index in [1.54, 1.807) is 10.9 Å². The second-order valence-electron chi connectivity index (χ2n) is 3.30. The number of aromatic nitrogens is 3. The molecule has 0 aliphatic carbocycles. The molecule has 6 heteroatoms. The SMILES string of the molecule is Clc1nncn1-c1ccc2c(c1)OCCO2. The number of rotatable bonds is 1. The van der Waals surface area contributed by atoms with Gasteiger partial charge in [0, 0.05) is 6.07 Å². The Bertz CT molecular complexity index is 527. The standard InChI is InChI=1S/C10H8ClN3O2/c11-10-13-12-6-14(10)7-1-2-8-9(5-7)16-4-3-15-8/h1-2,5-6H,3-4H2. The van der Waals surface area contributed by atoms with Gasteiger partial charge >= 0.3 is 0 Å². The number of hydrogen-bond acceptors (Lipinski definition) is 4. The molecule has 0 atom stereocenters. The van der Waals surface area contributed by atoms with Gasteiger partial charge < -0.3 is 9.47 Å². The first-order valence-corrected chi connectivity index (χ1v) is 5.18. The highest BCUT2D eigenvalue weighted by Gasteiger charge is 2.13. The monoisotopic (exact) mass is 237 g/mol. The van der Waals surface area contributed by atoms with Crippen LogP contribution in [0.1, 0.15) is 0 Å². The van der Waals surface area contributed by atoms with Crippen molar-refractivity contribution in [2.45, 2.75) is 0 Å². The van der Waals surface area contributed by atoms with Crippen molar-refractivity contribution in [1.82, 2.24) is 14.8 Å². The van der Waals surface area contributed by atoms with Crippen LogP contribution in [0.3, 0.4) is 0 Å². The molecule has 16 heavy (non-hydrogen) atoms. The van der Waals surface area contributed by atoms with Crippen LogP contribution in [0.2, 0.25) is 5.28 Å². The Kier molecular flexibility index (Phi) is 2.18. The van der Waals surface area contributed by atoms with E-state index in [9.17, 15) is 0 Å². The molecule has 0 saturated heterocycles. The molecular weight excluding hydrogens is 230 g/mol. The molecule has 0 fully saturated rings. The lowest BCUT2D eigenvalue weighted by molar-refractivity contribution is 0.171. The van der Waals surface area contributed by atoms with Crippen LogP contribution < -0.4 is 9.47 Å². The normalized spacial score (nSPS) is 13.8. The largest absolute Gasteiger partial charge is 0.486 e. The lowest BCUT2D eigenvalue weighted by atomic mass is 10.2. The smallest absolute Gasteiger partial charge is 0.229 e. The van der Waals surface area contributed by atoms with Gasteiger partial charge in [-0.05, 0) is 23.7 Å². The molecule has 0 bridgehead atoms. The maximum atomic E-state index is 5.87. The van der Waals surface area contributed by atoms with Gasteiger partial charge in [0.1, 0.15) is 19.5 Å². The Labute approximate surface area is 96.6 Å². The van der Waals surface area contributed by atoms with Crippen molar-refractivity contribution in [2.75, 3.05) is 13.2 Å². The minimum atomic E-state index is 0.316. The molecule has 1 aromatic carbocycles. The van der Waals surface area contributed by atoms with Crippen molar-refractivity contribution in [3.63, 3.8) is 0 Å². The van der Waals surface area contributed by atoms with Gasteiger partial charge in [0.2, 0.25) is 5.28 Å². The Hall–Kier alpha value is -1.75. The molecule has 0 N–H and O–H groups in total. The fourth-order valence-corrected chi connectivity index (χ4v) is 1.76. The van der Waals surface area contributed by atoms with Crippen molar-refractivity contribution in [2.24, 2.45) is 0 Å². The third kappa shape index (κ3) is 1.49. The molecule has 2 aromatic rings. The van der Waals surface area contributed by atoms with E-state index in [0.717, 1.165) is 11.4 Å². The molecule has 82 valence electrons. The highest BCUT2D eigenvalue weighted by molar-refractivity contribution is 6.28. The van der Waals surface area contributed by atoms with Crippen LogP contribution in [0.5, 0.6) is 11.5 Å². The summed E-state index contributed by atoms with van der Waals surface area (Å²) in [7, 11) is 0. The molecule has 0 spiro atoms. The van der Waals surface area contributed by atoms with Crippen LogP contribution in [-0.2, 0) is 0 Å². The maximum absolute atomic E-state index is 5.87. The fourth-order valence-electron chi connectivity index (χ4n) is 1.58. The summed E-state index contributed by atoms with van der Waals surface area (Å²) in [6.45, 7) is 1.14. The minimum Gasteiger partial charge on any atom is -0.486 e. The highest BCUT2D eigenvalue weighted by Crippen LogP contribution is 2.32. The van der Waals surface area contributed by atoms with Crippen LogP contribution in [-0.4, -0.2) is 28.0 Å². The summed E-state index contributed by atoms with van der Waals surface area (Å²) in [5.41, 5.74) is 0.847. The van der Waals surface area contributed by atoms with Crippen LogP contribution in [0.25, 0.3) is 5.69 Å². The van der Waals surface area contributed by atoms with Crippen LogP contribution in [0, 0.1) is 0 Å². The van der Waals surface area contributed by atoms with E-state index >= 15 is 0 Å². The van der Waals surface area contributed by atoms with E-state index in [-0.39, 0.29) is 0 Å². The van der Waals surface area contributed by atoms with Gasteiger partial charge in [0.15, 0.2) is 11.5 Å². The maximum Gasteiger partial charge on any atom is 0.229 e. The first-order valence-electron chi connectivity index (χ1n) is 4.80. The third-order valence-corrected chi connectivity index (χ3v) is 2.57. The van der Waals surface area contributed by atoms with Gasteiger partial charge in [-0.2, -0.15) is 0 Å². The molecule has 5 nitrogen and oxygen atoms in total. The predicted molar refractivity (Wildman–Crippen MR) is 57.4 cm³/mol. The summed E-state index contributed by atoms with van der Waals surface area (Å²) < 4.78 is 12.6. The van der Waals surface area contributed by atoms with Crippen molar-refractivity contribution < 1.29 is 9.47 Å². The minimum absolute atomic E-state index is 0.316. The lowest BCUT2D eigenvalue weighted by Gasteiger charge is -2.18. The average Bonchev–Trinajstić information content (AvgIpc) is 2.75. The van der Waals surface area contributed by atoms with Crippen molar-refractivity contribution in [3.05, 3.63) is 29.8 Å². The van der Waals surface area contributed by atoms with Crippen molar-refractivity contribution in [1.29, 1.82) is 0 Å². The zero-order chi connectivity index (χ0) is 11.0. The molecule has 0 unspecified atom stereocenters. The summed E-state index contributed by atoms with van der Waals surface area (Å²) in [4.78, 5) is 0.